The molecular formula is C16H20N4O4. The molecular weight excluding hydrogens is 312 g/mol. The molecule has 0 aromatic carbocycles. The van der Waals surface area contributed by atoms with Crippen LogP contribution in [0.2, 0.25) is 0 Å². The molecule has 1 spiro atoms. The number of nitrogens with one attached hydrogen (secondary N) is 1. The van der Waals surface area contributed by atoms with Gasteiger partial charge in [-0.3, -0.25) is 4.40 Å². The Morgan fingerprint density at radius 1 is 1.42 bits per heavy atom. The zero-order chi connectivity index (χ0) is 16.6. The van der Waals surface area contributed by atoms with Gasteiger partial charge in [-0.2, -0.15) is 4.98 Å². The summed E-state index contributed by atoms with van der Waals surface area (Å²) in [4.78, 5) is 19.5. The first-order chi connectivity index (χ1) is 11.7. The normalized spacial score (nSPS) is 22.9. The lowest BCUT2D eigenvalue weighted by Gasteiger charge is -2.33. The van der Waals surface area contributed by atoms with Gasteiger partial charge in [-0.05, 0) is 31.7 Å². The fourth-order valence-electron chi connectivity index (χ4n) is 3.50. The first kappa shape index (κ1) is 15.3. The molecule has 0 saturated carbocycles. The van der Waals surface area contributed by atoms with Crippen molar-refractivity contribution >= 4 is 17.6 Å². The van der Waals surface area contributed by atoms with Crippen LogP contribution in [0.5, 0.6) is 0 Å². The third-order valence-corrected chi connectivity index (χ3v) is 4.85. The van der Waals surface area contributed by atoms with Gasteiger partial charge in [0.1, 0.15) is 5.82 Å². The number of ether oxygens (including phenoxy) is 2. The van der Waals surface area contributed by atoms with Crippen molar-refractivity contribution in [3.05, 3.63) is 24.2 Å². The van der Waals surface area contributed by atoms with E-state index in [2.05, 4.69) is 15.3 Å². The van der Waals surface area contributed by atoms with E-state index < -0.39 is 5.97 Å². The summed E-state index contributed by atoms with van der Waals surface area (Å²) in [7, 11) is 0. The molecule has 1 unspecified atom stereocenters. The van der Waals surface area contributed by atoms with Crippen LogP contribution < -0.4 is 5.32 Å². The average Bonchev–Trinajstić information content (AvgIpc) is 3.18. The summed E-state index contributed by atoms with van der Waals surface area (Å²) >= 11 is 0. The van der Waals surface area contributed by atoms with Crippen molar-refractivity contribution in [2.24, 2.45) is 0 Å². The Labute approximate surface area is 138 Å². The standard InChI is InChI=1S/C16H20N4O4/c21-14(22)12-10-18-15-19-13(2-6-20(12)15)17-9-11-1-3-16(24-11)4-7-23-8-5-16/h2,6,10-11H,1,3-5,7-9H2,(H,21,22)(H,17,18,19). The summed E-state index contributed by atoms with van der Waals surface area (Å²) in [5.74, 6) is 0.0123. The lowest BCUT2D eigenvalue weighted by molar-refractivity contribution is -0.0998. The van der Waals surface area contributed by atoms with Crippen molar-refractivity contribution in [2.45, 2.75) is 37.4 Å². The number of carboxylic acids is 1. The molecule has 1 atom stereocenters. The SMILES string of the molecule is O=C(O)c1cnc2nc(NCC3CCC4(CCOCC4)O3)ccn12. The predicted molar refractivity (Wildman–Crippen MR) is 85.3 cm³/mol. The van der Waals surface area contributed by atoms with Gasteiger partial charge in [0.2, 0.25) is 5.78 Å². The summed E-state index contributed by atoms with van der Waals surface area (Å²) in [6.07, 6.45) is 7.19. The number of hydrogen-bond donors (Lipinski definition) is 2. The number of aromatic nitrogens is 3. The third kappa shape index (κ3) is 2.83. The molecule has 24 heavy (non-hydrogen) atoms. The van der Waals surface area contributed by atoms with E-state index in [4.69, 9.17) is 14.6 Å². The molecule has 0 radical (unpaired) electrons. The monoisotopic (exact) mass is 332 g/mol. The molecule has 0 amide bonds. The second kappa shape index (κ2) is 6.03. The van der Waals surface area contributed by atoms with E-state index >= 15 is 0 Å². The van der Waals surface area contributed by atoms with Crippen molar-refractivity contribution < 1.29 is 19.4 Å². The third-order valence-electron chi connectivity index (χ3n) is 4.85. The van der Waals surface area contributed by atoms with Gasteiger partial charge >= 0.3 is 5.97 Å². The number of anilines is 1. The Balaban J connectivity index is 1.39. The highest BCUT2D eigenvalue weighted by Gasteiger charge is 2.41. The Morgan fingerprint density at radius 2 is 2.25 bits per heavy atom. The first-order valence-electron chi connectivity index (χ1n) is 8.22. The van der Waals surface area contributed by atoms with E-state index in [0.717, 1.165) is 38.9 Å². The minimum Gasteiger partial charge on any atom is -0.477 e. The van der Waals surface area contributed by atoms with Gasteiger partial charge in [-0.15, -0.1) is 0 Å². The number of imidazole rings is 1. The highest BCUT2D eigenvalue weighted by Crippen LogP contribution is 2.38. The Morgan fingerprint density at radius 3 is 3.04 bits per heavy atom. The summed E-state index contributed by atoms with van der Waals surface area (Å²) in [6, 6.07) is 1.75. The van der Waals surface area contributed by atoms with Crippen LogP contribution in [0.1, 0.15) is 36.2 Å². The number of carbonyl (C=O) groups is 1. The smallest absolute Gasteiger partial charge is 0.354 e. The van der Waals surface area contributed by atoms with Gasteiger partial charge in [0.25, 0.3) is 0 Å². The summed E-state index contributed by atoms with van der Waals surface area (Å²) in [6.45, 7) is 2.24. The van der Waals surface area contributed by atoms with E-state index in [1.54, 1.807) is 12.3 Å². The van der Waals surface area contributed by atoms with Crippen LogP contribution in [0, 0.1) is 0 Å². The minimum absolute atomic E-state index is 0.00144. The molecule has 2 fully saturated rings. The van der Waals surface area contributed by atoms with Crippen LogP contribution in [-0.4, -0.2) is 56.9 Å². The molecule has 8 nitrogen and oxygen atoms in total. The average molecular weight is 332 g/mol. The fourth-order valence-corrected chi connectivity index (χ4v) is 3.50. The van der Waals surface area contributed by atoms with Crippen molar-refractivity contribution in [2.75, 3.05) is 25.1 Å². The highest BCUT2D eigenvalue weighted by molar-refractivity contribution is 5.86. The van der Waals surface area contributed by atoms with Crippen LogP contribution in [-0.2, 0) is 9.47 Å². The second-order valence-corrected chi connectivity index (χ2v) is 6.39. The minimum atomic E-state index is -1.02. The number of aromatic carboxylic acids is 1. The van der Waals surface area contributed by atoms with Gasteiger partial charge in [0, 0.05) is 26.0 Å². The molecule has 2 N–H and O–H groups in total. The second-order valence-electron chi connectivity index (χ2n) is 6.39. The van der Waals surface area contributed by atoms with Gasteiger partial charge in [-0.25, -0.2) is 9.78 Å². The number of fused-ring (bicyclic) bond motifs is 1. The maximum Gasteiger partial charge on any atom is 0.354 e. The highest BCUT2D eigenvalue weighted by atomic mass is 16.5. The molecule has 128 valence electrons. The zero-order valence-corrected chi connectivity index (χ0v) is 13.3. The molecule has 8 heteroatoms. The van der Waals surface area contributed by atoms with E-state index in [1.807, 2.05) is 0 Å². The first-order valence-corrected chi connectivity index (χ1v) is 8.22. The van der Waals surface area contributed by atoms with Gasteiger partial charge in [-0.1, -0.05) is 0 Å². The van der Waals surface area contributed by atoms with E-state index in [9.17, 15) is 4.79 Å². The molecule has 2 aliphatic heterocycles. The molecule has 2 saturated heterocycles. The lowest BCUT2D eigenvalue weighted by atomic mass is 9.91. The molecule has 2 aliphatic rings. The zero-order valence-electron chi connectivity index (χ0n) is 13.3. The van der Waals surface area contributed by atoms with Crippen LogP contribution in [0.25, 0.3) is 5.78 Å². The fraction of sp³-hybridized carbons (Fsp3) is 0.562. The van der Waals surface area contributed by atoms with Gasteiger partial charge in [0.05, 0.1) is 17.9 Å². The number of hydrogen-bond acceptors (Lipinski definition) is 6. The van der Waals surface area contributed by atoms with Gasteiger partial charge < -0.3 is 19.9 Å². The van der Waals surface area contributed by atoms with Crippen LogP contribution in [0.3, 0.4) is 0 Å². The molecule has 2 aromatic rings. The topological polar surface area (TPSA) is 98.0 Å². The quantitative estimate of drug-likeness (QED) is 0.877. The number of rotatable bonds is 4. The molecule has 2 aromatic heterocycles. The van der Waals surface area contributed by atoms with Crippen LogP contribution >= 0.6 is 0 Å². The van der Waals surface area contributed by atoms with E-state index in [0.29, 0.717) is 18.1 Å². The Kier molecular flexibility index (Phi) is 3.85. The van der Waals surface area contributed by atoms with Gasteiger partial charge in [0.15, 0.2) is 5.69 Å². The van der Waals surface area contributed by atoms with Crippen molar-refractivity contribution in [1.82, 2.24) is 14.4 Å². The molecule has 4 rings (SSSR count). The molecule has 0 aliphatic carbocycles. The Hall–Kier alpha value is -2.19. The lowest BCUT2D eigenvalue weighted by Crippen LogP contribution is -2.37. The van der Waals surface area contributed by atoms with Crippen molar-refractivity contribution in [3.63, 3.8) is 0 Å². The largest absolute Gasteiger partial charge is 0.477 e. The maximum absolute atomic E-state index is 11.1. The molecule has 4 heterocycles. The van der Waals surface area contributed by atoms with Crippen molar-refractivity contribution in [1.29, 1.82) is 0 Å². The van der Waals surface area contributed by atoms with E-state index in [-0.39, 0.29) is 17.4 Å². The molecule has 0 bridgehead atoms. The van der Waals surface area contributed by atoms with Crippen LogP contribution in [0.4, 0.5) is 5.82 Å². The van der Waals surface area contributed by atoms with Crippen molar-refractivity contribution in [3.8, 4) is 0 Å². The summed E-state index contributed by atoms with van der Waals surface area (Å²) in [5, 5.41) is 12.4. The summed E-state index contributed by atoms with van der Waals surface area (Å²) < 4.78 is 13.1. The Bertz CT molecular complexity index is 754. The number of nitrogens with zero attached hydrogens (tertiary/aromatic N) is 3. The maximum atomic E-state index is 11.1. The number of carboxylic acid groups (broad SMARTS) is 1. The predicted octanol–water partition coefficient (Wildman–Crippen LogP) is 1.57. The van der Waals surface area contributed by atoms with Crippen LogP contribution in [0.15, 0.2) is 18.5 Å². The summed E-state index contributed by atoms with van der Waals surface area (Å²) in [5.41, 5.74) is 0.103. The van der Waals surface area contributed by atoms with E-state index in [1.165, 1.54) is 10.6 Å².